The molecule has 0 unspecified atom stereocenters. The zero-order chi connectivity index (χ0) is 38.6. The van der Waals surface area contributed by atoms with Gasteiger partial charge >= 0.3 is 0 Å². The number of para-hydroxylation sites is 1. The van der Waals surface area contributed by atoms with Gasteiger partial charge in [0.25, 0.3) is 0 Å². The van der Waals surface area contributed by atoms with Crippen molar-refractivity contribution in [2.24, 2.45) is 0 Å². The highest BCUT2D eigenvalue weighted by Gasteiger charge is 2.27. The molecule has 2 heterocycles. The van der Waals surface area contributed by atoms with Crippen LogP contribution in [0.1, 0.15) is 30.9 Å². The van der Waals surface area contributed by atoms with Crippen molar-refractivity contribution < 1.29 is 0 Å². The predicted octanol–water partition coefficient (Wildman–Crippen LogP) is 13.4. The Bertz CT molecular complexity index is 2620. The van der Waals surface area contributed by atoms with Crippen LogP contribution in [0.4, 0.5) is 51.3 Å². The van der Waals surface area contributed by atoms with Gasteiger partial charge in [0, 0.05) is 58.2 Å². The Morgan fingerprint density at radius 2 is 1.33 bits per heavy atom. The molecule has 0 N–H and O–H groups in total. The zero-order valence-electron chi connectivity index (χ0n) is 32.1. The Morgan fingerprint density at radius 1 is 0.667 bits per heavy atom. The van der Waals surface area contributed by atoms with Gasteiger partial charge in [0.15, 0.2) is 5.82 Å². The molecule has 1 aromatic heterocycles. The van der Waals surface area contributed by atoms with Crippen molar-refractivity contribution in [3.63, 3.8) is 0 Å². The van der Waals surface area contributed by atoms with Crippen molar-refractivity contribution in [3.05, 3.63) is 200 Å². The predicted molar refractivity (Wildman–Crippen MR) is 241 cm³/mol. The molecule has 0 spiro atoms. The molecular formula is C51H44N6. The molecule has 9 rings (SSSR count). The smallest absolute Gasteiger partial charge is 0.160 e. The molecule has 6 aromatic carbocycles. The lowest BCUT2D eigenvalue weighted by molar-refractivity contribution is 0.825. The fourth-order valence-electron chi connectivity index (χ4n) is 8.16. The Hall–Kier alpha value is -7.18. The molecule has 0 fully saturated rings. The van der Waals surface area contributed by atoms with Crippen molar-refractivity contribution in [2.45, 2.75) is 19.8 Å². The summed E-state index contributed by atoms with van der Waals surface area (Å²) in [6, 6.07) is 49.9. The molecule has 6 nitrogen and oxygen atoms in total. The standard InChI is InChI=1S/C51H44N6/c1-3-15-46-38(4-2)17-13-24-48(46)56(42-19-7-5-8-20-42)44-30-26-40(27-31-44)54-34-35-55(51-50(54)36-52-37-53-51)41-28-32-45(33-29-41)57(43-21-9-6-10-22-43)49-25-14-18-39-16-11-12-23-47(39)49/h3-7,9-19,21-33,36-37H,2,8,20,34-35H2,1H3/b15-3-. The highest BCUT2D eigenvalue weighted by atomic mass is 15.3. The van der Waals surface area contributed by atoms with E-state index in [1.807, 2.05) is 12.3 Å². The Labute approximate surface area is 335 Å². The Kier molecular flexibility index (Phi) is 9.90. The molecular weight excluding hydrogens is 697 g/mol. The number of rotatable bonds is 10. The number of hydrogen-bond acceptors (Lipinski definition) is 6. The molecule has 0 saturated heterocycles. The monoisotopic (exact) mass is 740 g/mol. The van der Waals surface area contributed by atoms with Crippen LogP contribution in [0.2, 0.25) is 0 Å². The van der Waals surface area contributed by atoms with Gasteiger partial charge < -0.3 is 19.6 Å². The summed E-state index contributed by atoms with van der Waals surface area (Å²) >= 11 is 0. The first kappa shape index (κ1) is 35.5. The summed E-state index contributed by atoms with van der Waals surface area (Å²) in [4.78, 5) is 18.7. The second-order valence-electron chi connectivity index (χ2n) is 14.2. The molecule has 1 aliphatic heterocycles. The average Bonchev–Trinajstić information content (AvgIpc) is 3.28. The lowest BCUT2D eigenvalue weighted by Gasteiger charge is -2.38. The van der Waals surface area contributed by atoms with Crippen LogP contribution in [0, 0.1) is 0 Å². The minimum absolute atomic E-state index is 0.767. The number of anilines is 9. The number of hydrogen-bond donors (Lipinski definition) is 0. The van der Waals surface area contributed by atoms with Crippen LogP contribution in [0.5, 0.6) is 0 Å². The summed E-state index contributed by atoms with van der Waals surface area (Å²) < 4.78 is 0. The van der Waals surface area contributed by atoms with Gasteiger partial charge in [-0.2, -0.15) is 0 Å². The summed E-state index contributed by atoms with van der Waals surface area (Å²) in [5.41, 5.74) is 12.3. The molecule has 0 radical (unpaired) electrons. The van der Waals surface area contributed by atoms with Gasteiger partial charge in [-0.3, -0.25) is 0 Å². The summed E-state index contributed by atoms with van der Waals surface area (Å²) in [5, 5.41) is 2.42. The fraction of sp³-hybridized carbons (Fsp3) is 0.0980. The topological polar surface area (TPSA) is 38.7 Å². The summed E-state index contributed by atoms with van der Waals surface area (Å²) in [6.45, 7) is 7.72. The van der Waals surface area contributed by atoms with E-state index in [0.717, 1.165) is 88.4 Å². The normalized spacial score (nSPS) is 13.7. The van der Waals surface area contributed by atoms with Crippen molar-refractivity contribution in [1.29, 1.82) is 0 Å². The van der Waals surface area contributed by atoms with Crippen LogP contribution in [0.25, 0.3) is 22.9 Å². The third kappa shape index (κ3) is 6.87. The van der Waals surface area contributed by atoms with E-state index in [2.05, 4.69) is 208 Å². The number of benzene rings is 6. The highest BCUT2D eigenvalue weighted by Crippen LogP contribution is 2.44. The highest BCUT2D eigenvalue weighted by molar-refractivity contribution is 5.99. The van der Waals surface area contributed by atoms with E-state index >= 15 is 0 Å². The molecule has 6 heteroatoms. The maximum atomic E-state index is 4.86. The summed E-state index contributed by atoms with van der Waals surface area (Å²) in [5.74, 6) is 0.889. The minimum atomic E-state index is 0.767. The second-order valence-corrected chi connectivity index (χ2v) is 14.2. The van der Waals surface area contributed by atoms with Crippen molar-refractivity contribution >= 4 is 74.2 Å². The molecule has 2 aliphatic rings. The summed E-state index contributed by atoms with van der Waals surface area (Å²) in [6.07, 6.45) is 18.4. The molecule has 0 saturated carbocycles. The first-order chi connectivity index (χ1) is 28.2. The zero-order valence-corrected chi connectivity index (χ0v) is 32.1. The third-order valence-corrected chi connectivity index (χ3v) is 10.8. The van der Waals surface area contributed by atoms with E-state index in [-0.39, 0.29) is 0 Å². The van der Waals surface area contributed by atoms with E-state index in [1.54, 1.807) is 6.33 Å². The first-order valence-corrected chi connectivity index (χ1v) is 19.6. The molecule has 7 aromatic rings. The van der Waals surface area contributed by atoms with Crippen LogP contribution < -0.4 is 19.6 Å². The fourth-order valence-corrected chi connectivity index (χ4v) is 8.16. The molecule has 0 atom stereocenters. The maximum Gasteiger partial charge on any atom is 0.160 e. The van der Waals surface area contributed by atoms with Gasteiger partial charge in [0.1, 0.15) is 12.0 Å². The van der Waals surface area contributed by atoms with Gasteiger partial charge in [-0.05, 0) is 110 Å². The number of nitrogens with zero attached hydrogens (tertiary/aromatic N) is 6. The van der Waals surface area contributed by atoms with Gasteiger partial charge in [0.2, 0.25) is 0 Å². The van der Waals surface area contributed by atoms with Crippen LogP contribution in [0.15, 0.2) is 189 Å². The van der Waals surface area contributed by atoms with Gasteiger partial charge in [-0.25, -0.2) is 9.97 Å². The molecule has 57 heavy (non-hydrogen) atoms. The van der Waals surface area contributed by atoms with Crippen LogP contribution in [-0.2, 0) is 0 Å². The largest absolute Gasteiger partial charge is 0.335 e. The lowest BCUT2D eigenvalue weighted by atomic mass is 10.0. The van der Waals surface area contributed by atoms with Gasteiger partial charge in [-0.1, -0.05) is 104 Å². The van der Waals surface area contributed by atoms with E-state index in [1.165, 1.54) is 16.5 Å². The number of aromatic nitrogens is 2. The second kappa shape index (κ2) is 15.9. The molecule has 278 valence electrons. The molecule has 0 amide bonds. The van der Waals surface area contributed by atoms with E-state index in [9.17, 15) is 0 Å². The van der Waals surface area contributed by atoms with Crippen LogP contribution >= 0.6 is 0 Å². The third-order valence-electron chi connectivity index (χ3n) is 10.8. The SMILES string of the molecule is C=Cc1cccc(N(C2=CC=CCC2)c2ccc(N3CCN(c4ccc(N(c5ccccc5)c5cccc6ccccc56)cc4)c4ncncc43)cc2)c1/C=C\C. The van der Waals surface area contributed by atoms with E-state index in [4.69, 9.17) is 4.98 Å². The molecule has 1 aliphatic carbocycles. The van der Waals surface area contributed by atoms with E-state index in [0.29, 0.717) is 0 Å². The maximum absolute atomic E-state index is 4.86. The Balaban J connectivity index is 1.03. The lowest BCUT2D eigenvalue weighted by Crippen LogP contribution is -2.37. The van der Waals surface area contributed by atoms with Gasteiger partial charge in [-0.15, -0.1) is 0 Å². The minimum Gasteiger partial charge on any atom is -0.335 e. The Morgan fingerprint density at radius 3 is 2.09 bits per heavy atom. The summed E-state index contributed by atoms with van der Waals surface area (Å²) in [7, 11) is 0. The number of fused-ring (bicyclic) bond motifs is 2. The quantitative estimate of drug-likeness (QED) is 0.139. The van der Waals surface area contributed by atoms with Crippen molar-refractivity contribution in [1.82, 2.24) is 9.97 Å². The van der Waals surface area contributed by atoms with Crippen LogP contribution in [-0.4, -0.2) is 23.1 Å². The average molecular weight is 741 g/mol. The van der Waals surface area contributed by atoms with Crippen molar-refractivity contribution in [3.8, 4) is 0 Å². The van der Waals surface area contributed by atoms with E-state index < -0.39 is 0 Å². The number of allylic oxidation sites excluding steroid dienone is 5. The molecule has 0 bridgehead atoms. The first-order valence-electron chi connectivity index (χ1n) is 19.6. The van der Waals surface area contributed by atoms with Crippen molar-refractivity contribution in [2.75, 3.05) is 32.7 Å². The van der Waals surface area contributed by atoms with Gasteiger partial charge in [0.05, 0.1) is 17.6 Å². The van der Waals surface area contributed by atoms with Crippen LogP contribution in [0.3, 0.4) is 0 Å².